The molecule has 2 atom stereocenters. The van der Waals surface area contributed by atoms with Crippen LogP contribution in [-0.4, -0.2) is 34.3 Å². The number of amides is 2. The zero-order chi connectivity index (χ0) is 17.7. The first kappa shape index (κ1) is 17.7. The van der Waals surface area contributed by atoms with Gasteiger partial charge in [0.25, 0.3) is 11.8 Å². The Morgan fingerprint density at radius 3 is 2.21 bits per heavy atom. The van der Waals surface area contributed by atoms with Crippen LogP contribution in [0, 0.1) is 6.92 Å². The second-order valence-electron chi connectivity index (χ2n) is 5.56. The first-order chi connectivity index (χ1) is 11.4. The second-order valence-corrected chi connectivity index (χ2v) is 5.56. The van der Waals surface area contributed by atoms with Crippen molar-refractivity contribution < 1.29 is 19.9 Å². The standard InChI is InChI=1S/C18H20N2O4/c1-11-5-3-4-6-15(11)13-7-9-14(10-8-13)17(22)19-16(12(2)21)18(23)20-24/h3-10,12,16,21,24H,1-2H3,(H,19,22)(H,20,23)/t12-,16+/m1/s1. The average molecular weight is 328 g/mol. The van der Waals surface area contributed by atoms with E-state index in [-0.39, 0.29) is 0 Å². The summed E-state index contributed by atoms with van der Waals surface area (Å²) in [6.45, 7) is 3.36. The molecule has 2 amide bonds. The van der Waals surface area contributed by atoms with E-state index in [4.69, 9.17) is 5.21 Å². The van der Waals surface area contributed by atoms with Crippen molar-refractivity contribution in [3.05, 3.63) is 59.7 Å². The number of nitrogens with one attached hydrogen (secondary N) is 2. The van der Waals surface area contributed by atoms with Gasteiger partial charge in [0, 0.05) is 5.56 Å². The highest BCUT2D eigenvalue weighted by atomic mass is 16.5. The van der Waals surface area contributed by atoms with E-state index in [2.05, 4.69) is 5.32 Å². The number of carbonyl (C=O) groups excluding carboxylic acids is 2. The molecular weight excluding hydrogens is 308 g/mol. The van der Waals surface area contributed by atoms with Gasteiger partial charge in [0.1, 0.15) is 6.04 Å². The highest BCUT2D eigenvalue weighted by Gasteiger charge is 2.25. The minimum Gasteiger partial charge on any atom is -0.391 e. The summed E-state index contributed by atoms with van der Waals surface area (Å²) in [4.78, 5) is 23.7. The molecule has 6 nitrogen and oxygen atoms in total. The highest BCUT2D eigenvalue weighted by Crippen LogP contribution is 2.23. The molecule has 0 unspecified atom stereocenters. The third-order valence-corrected chi connectivity index (χ3v) is 3.76. The molecule has 126 valence electrons. The molecule has 0 saturated carbocycles. The van der Waals surface area contributed by atoms with Gasteiger partial charge in [-0.1, -0.05) is 36.4 Å². The smallest absolute Gasteiger partial charge is 0.268 e. The van der Waals surface area contributed by atoms with Gasteiger partial charge < -0.3 is 10.4 Å². The number of aryl methyl sites for hydroxylation is 1. The van der Waals surface area contributed by atoms with Gasteiger partial charge in [0.2, 0.25) is 0 Å². The Bertz CT molecular complexity index is 726. The summed E-state index contributed by atoms with van der Waals surface area (Å²) in [5, 5.41) is 20.6. The van der Waals surface area contributed by atoms with E-state index in [0.717, 1.165) is 16.7 Å². The molecule has 6 heteroatoms. The summed E-state index contributed by atoms with van der Waals surface area (Å²) >= 11 is 0. The lowest BCUT2D eigenvalue weighted by molar-refractivity contribution is -0.133. The molecule has 0 radical (unpaired) electrons. The molecule has 0 aliphatic heterocycles. The number of rotatable bonds is 5. The summed E-state index contributed by atoms with van der Waals surface area (Å²) in [6, 6.07) is 13.6. The molecule has 2 aromatic carbocycles. The van der Waals surface area contributed by atoms with E-state index >= 15 is 0 Å². The van der Waals surface area contributed by atoms with Gasteiger partial charge in [0.15, 0.2) is 0 Å². The Balaban J connectivity index is 2.17. The maximum atomic E-state index is 12.2. The fourth-order valence-corrected chi connectivity index (χ4v) is 2.40. The normalized spacial score (nSPS) is 13.0. The van der Waals surface area contributed by atoms with Gasteiger partial charge in [-0.3, -0.25) is 14.8 Å². The third kappa shape index (κ3) is 3.98. The SMILES string of the molecule is Cc1ccccc1-c1ccc(C(=O)N[C@H](C(=O)NO)[C@@H](C)O)cc1. The number of aliphatic hydroxyl groups excluding tert-OH is 1. The van der Waals surface area contributed by atoms with Crippen LogP contribution in [0.25, 0.3) is 11.1 Å². The molecule has 0 aliphatic carbocycles. The molecule has 4 N–H and O–H groups in total. The number of hydroxylamine groups is 1. The highest BCUT2D eigenvalue weighted by molar-refractivity contribution is 5.98. The number of hydrogen-bond acceptors (Lipinski definition) is 4. The topological polar surface area (TPSA) is 98.7 Å². The molecule has 24 heavy (non-hydrogen) atoms. The van der Waals surface area contributed by atoms with Crippen molar-refractivity contribution in [3.8, 4) is 11.1 Å². The Kier molecular flexibility index (Phi) is 5.68. The van der Waals surface area contributed by atoms with Crippen molar-refractivity contribution in [2.75, 3.05) is 0 Å². The fraction of sp³-hybridized carbons (Fsp3) is 0.222. The Hall–Kier alpha value is -2.70. The number of aliphatic hydroxyl groups is 1. The molecule has 2 aromatic rings. The van der Waals surface area contributed by atoms with Crippen molar-refractivity contribution in [3.63, 3.8) is 0 Å². The zero-order valence-electron chi connectivity index (χ0n) is 13.5. The molecular formula is C18H20N2O4. The van der Waals surface area contributed by atoms with Gasteiger partial charge in [-0.15, -0.1) is 0 Å². The van der Waals surface area contributed by atoms with Crippen LogP contribution in [0.1, 0.15) is 22.8 Å². The molecule has 0 bridgehead atoms. The zero-order valence-corrected chi connectivity index (χ0v) is 13.5. The van der Waals surface area contributed by atoms with Crippen LogP contribution < -0.4 is 10.8 Å². The Labute approximate surface area is 140 Å². The van der Waals surface area contributed by atoms with Crippen molar-refractivity contribution in [1.29, 1.82) is 0 Å². The fourth-order valence-electron chi connectivity index (χ4n) is 2.40. The van der Waals surface area contributed by atoms with Crippen LogP contribution in [0.5, 0.6) is 0 Å². The van der Waals surface area contributed by atoms with E-state index in [1.807, 2.05) is 43.3 Å². The summed E-state index contributed by atoms with van der Waals surface area (Å²) < 4.78 is 0. The Morgan fingerprint density at radius 2 is 1.67 bits per heavy atom. The van der Waals surface area contributed by atoms with Crippen molar-refractivity contribution >= 4 is 11.8 Å². The monoisotopic (exact) mass is 328 g/mol. The molecule has 0 fully saturated rings. The number of hydrogen-bond donors (Lipinski definition) is 4. The molecule has 0 spiro atoms. The third-order valence-electron chi connectivity index (χ3n) is 3.76. The van der Waals surface area contributed by atoms with Gasteiger partial charge in [-0.25, -0.2) is 5.48 Å². The van der Waals surface area contributed by atoms with E-state index < -0.39 is 24.0 Å². The lowest BCUT2D eigenvalue weighted by atomic mass is 9.99. The summed E-state index contributed by atoms with van der Waals surface area (Å²) in [5.41, 5.74) is 4.96. The van der Waals surface area contributed by atoms with Crippen LogP contribution in [0.3, 0.4) is 0 Å². The summed E-state index contributed by atoms with van der Waals surface area (Å²) in [7, 11) is 0. The first-order valence-electron chi connectivity index (χ1n) is 7.53. The average Bonchev–Trinajstić information content (AvgIpc) is 2.59. The molecule has 2 rings (SSSR count). The maximum absolute atomic E-state index is 12.2. The molecule has 0 aliphatic rings. The van der Waals surface area contributed by atoms with E-state index in [1.54, 1.807) is 12.1 Å². The van der Waals surface area contributed by atoms with E-state index in [0.29, 0.717) is 5.56 Å². The predicted molar refractivity (Wildman–Crippen MR) is 89.5 cm³/mol. The minimum absolute atomic E-state index is 0.351. The van der Waals surface area contributed by atoms with Gasteiger partial charge in [0.05, 0.1) is 6.10 Å². The molecule has 0 aromatic heterocycles. The van der Waals surface area contributed by atoms with Crippen LogP contribution in [0.15, 0.2) is 48.5 Å². The van der Waals surface area contributed by atoms with Gasteiger partial charge in [-0.2, -0.15) is 0 Å². The van der Waals surface area contributed by atoms with Crippen molar-refractivity contribution in [2.45, 2.75) is 26.0 Å². The van der Waals surface area contributed by atoms with Gasteiger partial charge in [-0.05, 0) is 42.7 Å². The second kappa shape index (κ2) is 7.72. The lowest BCUT2D eigenvalue weighted by Crippen LogP contribution is -2.51. The first-order valence-corrected chi connectivity index (χ1v) is 7.53. The summed E-state index contributed by atoms with van der Waals surface area (Å²) in [6.07, 6.45) is -1.15. The number of benzene rings is 2. The van der Waals surface area contributed by atoms with Crippen LogP contribution in [-0.2, 0) is 4.79 Å². The predicted octanol–water partition coefficient (Wildman–Crippen LogP) is 1.65. The summed E-state index contributed by atoms with van der Waals surface area (Å²) in [5.74, 6) is -1.39. The van der Waals surface area contributed by atoms with Crippen LogP contribution in [0.4, 0.5) is 0 Å². The Morgan fingerprint density at radius 1 is 1.04 bits per heavy atom. The van der Waals surface area contributed by atoms with Crippen molar-refractivity contribution in [1.82, 2.24) is 10.8 Å². The largest absolute Gasteiger partial charge is 0.391 e. The van der Waals surface area contributed by atoms with E-state index in [9.17, 15) is 14.7 Å². The van der Waals surface area contributed by atoms with Gasteiger partial charge >= 0.3 is 0 Å². The quantitative estimate of drug-likeness (QED) is 0.495. The van der Waals surface area contributed by atoms with Crippen LogP contribution in [0.2, 0.25) is 0 Å². The van der Waals surface area contributed by atoms with Crippen LogP contribution >= 0.6 is 0 Å². The minimum atomic E-state index is -1.24. The number of carbonyl (C=O) groups is 2. The molecule has 0 saturated heterocycles. The van der Waals surface area contributed by atoms with E-state index in [1.165, 1.54) is 12.4 Å². The molecule has 0 heterocycles. The lowest BCUT2D eigenvalue weighted by Gasteiger charge is -2.19. The van der Waals surface area contributed by atoms with Crippen molar-refractivity contribution in [2.24, 2.45) is 0 Å². The maximum Gasteiger partial charge on any atom is 0.268 e.